The van der Waals surface area contributed by atoms with Crippen LogP contribution in [0.3, 0.4) is 0 Å². The van der Waals surface area contributed by atoms with E-state index in [9.17, 15) is 4.79 Å². The van der Waals surface area contributed by atoms with E-state index in [2.05, 4.69) is 122 Å². The Labute approximate surface area is 224 Å². The van der Waals surface area contributed by atoms with Gasteiger partial charge in [-0.05, 0) is 57.2 Å². The number of nitrogens with one attached hydrogen (secondary N) is 1. The first-order chi connectivity index (χ1) is 17.6. The second-order valence-electron chi connectivity index (χ2n) is 10.6. The Hall–Kier alpha value is -3.37. The van der Waals surface area contributed by atoms with Crippen molar-refractivity contribution in [3.63, 3.8) is 0 Å². The van der Waals surface area contributed by atoms with Gasteiger partial charge in [-0.15, -0.1) is 0 Å². The fourth-order valence-electron chi connectivity index (χ4n) is 4.90. The molecule has 0 aliphatic carbocycles. The van der Waals surface area contributed by atoms with E-state index in [0.29, 0.717) is 6.54 Å². The van der Waals surface area contributed by atoms with Gasteiger partial charge >= 0.3 is 0 Å². The summed E-state index contributed by atoms with van der Waals surface area (Å²) < 4.78 is 0. The van der Waals surface area contributed by atoms with Gasteiger partial charge in [0.1, 0.15) is 5.82 Å². The molecule has 1 N–H and O–H groups in total. The van der Waals surface area contributed by atoms with Crippen LogP contribution in [0.4, 0.5) is 0 Å². The predicted octanol–water partition coefficient (Wildman–Crippen LogP) is 6.88. The molecule has 4 nitrogen and oxygen atoms in total. The quantitative estimate of drug-likeness (QED) is 0.219. The van der Waals surface area contributed by atoms with Crippen molar-refractivity contribution in [2.75, 3.05) is 14.1 Å². The van der Waals surface area contributed by atoms with E-state index in [1.54, 1.807) is 0 Å². The van der Waals surface area contributed by atoms with Gasteiger partial charge in [0.05, 0.1) is 5.54 Å². The molecule has 0 aliphatic rings. The molecule has 0 radical (unpaired) electrons. The molecule has 196 valence electrons. The van der Waals surface area contributed by atoms with Crippen molar-refractivity contribution in [3.05, 3.63) is 119 Å². The van der Waals surface area contributed by atoms with Crippen LogP contribution in [0.25, 0.3) is 0 Å². The normalized spacial score (nSPS) is 13.1. The second kappa shape index (κ2) is 12.7. The van der Waals surface area contributed by atoms with Crippen LogP contribution in [0.2, 0.25) is 0 Å². The summed E-state index contributed by atoms with van der Waals surface area (Å²) in [4.78, 5) is 16.1. The van der Waals surface area contributed by atoms with Crippen molar-refractivity contribution < 1.29 is 4.79 Å². The molecule has 0 amide bonds. The Morgan fingerprint density at radius 1 is 0.892 bits per heavy atom. The van der Waals surface area contributed by atoms with Gasteiger partial charge in [0, 0.05) is 32.1 Å². The van der Waals surface area contributed by atoms with Gasteiger partial charge < -0.3 is 4.90 Å². The van der Waals surface area contributed by atoms with Crippen LogP contribution < -0.4 is 5.43 Å². The van der Waals surface area contributed by atoms with E-state index < -0.39 is 0 Å². The minimum absolute atomic E-state index is 0.137. The van der Waals surface area contributed by atoms with Crippen LogP contribution in [-0.4, -0.2) is 35.3 Å². The fraction of sp³-hybridized carbons (Fsp3) is 0.364. The molecule has 0 bridgehead atoms. The Morgan fingerprint density at radius 3 is 1.97 bits per heavy atom. The van der Waals surface area contributed by atoms with Gasteiger partial charge in [-0.25, -0.2) is 5.43 Å². The first-order valence-corrected chi connectivity index (χ1v) is 13.2. The van der Waals surface area contributed by atoms with E-state index in [1.807, 2.05) is 27.0 Å². The molecule has 0 aromatic heterocycles. The van der Waals surface area contributed by atoms with Crippen molar-refractivity contribution in [3.8, 4) is 0 Å². The molecule has 3 aromatic rings. The predicted molar refractivity (Wildman–Crippen MR) is 155 cm³/mol. The monoisotopic (exact) mass is 497 g/mol. The number of hydrogen-bond donors (Lipinski definition) is 1. The van der Waals surface area contributed by atoms with Crippen LogP contribution in [-0.2, 0) is 17.8 Å². The van der Waals surface area contributed by atoms with E-state index in [1.165, 1.54) is 16.7 Å². The zero-order chi connectivity index (χ0) is 27.0. The summed E-state index contributed by atoms with van der Waals surface area (Å²) in [7, 11) is 4.02. The van der Waals surface area contributed by atoms with Crippen LogP contribution in [0.15, 0.2) is 96.3 Å². The van der Waals surface area contributed by atoms with Gasteiger partial charge in [0.15, 0.2) is 5.78 Å². The van der Waals surface area contributed by atoms with E-state index >= 15 is 0 Å². The SMILES string of the molecule is CNN(/C(=C(\C)C(=O)C(C)c1ccc(C)cc1)N(C)Cc1ccccc1)C(C)(C)CCc1ccccc1. The van der Waals surface area contributed by atoms with Gasteiger partial charge in [0.25, 0.3) is 0 Å². The number of nitrogens with zero attached hydrogens (tertiary/aromatic N) is 2. The molecule has 4 heteroatoms. The number of ketones is 1. The lowest BCUT2D eigenvalue weighted by Crippen LogP contribution is -2.54. The first-order valence-electron chi connectivity index (χ1n) is 13.2. The summed E-state index contributed by atoms with van der Waals surface area (Å²) in [5.74, 6) is 0.818. The molecule has 0 fully saturated rings. The van der Waals surface area contributed by atoms with Gasteiger partial charge in [0.2, 0.25) is 0 Å². The van der Waals surface area contributed by atoms with Crippen LogP contribution in [0.5, 0.6) is 0 Å². The molecule has 3 rings (SSSR count). The maximum atomic E-state index is 13.9. The molecule has 3 aromatic carbocycles. The zero-order valence-electron chi connectivity index (χ0n) is 23.6. The third kappa shape index (κ3) is 7.33. The first kappa shape index (κ1) is 28.2. The minimum atomic E-state index is -0.250. The van der Waals surface area contributed by atoms with E-state index in [4.69, 9.17) is 0 Å². The Morgan fingerprint density at radius 2 is 1.43 bits per heavy atom. The molecule has 0 heterocycles. The maximum absolute atomic E-state index is 13.9. The third-order valence-electron chi connectivity index (χ3n) is 7.21. The molecule has 37 heavy (non-hydrogen) atoms. The summed E-state index contributed by atoms with van der Waals surface area (Å²) in [6, 6.07) is 29.3. The number of carbonyl (C=O) groups excluding carboxylic acids is 1. The molecular weight excluding hydrogens is 454 g/mol. The third-order valence-corrected chi connectivity index (χ3v) is 7.21. The Kier molecular flexibility index (Phi) is 9.71. The summed E-state index contributed by atoms with van der Waals surface area (Å²) in [6.45, 7) is 11.2. The standard InChI is InChI=1S/C33H43N3O/c1-25-18-20-30(21-19-25)26(2)31(37)27(3)32(35(7)24-29-16-12-9-13-17-29)36(34-6)33(4,5)23-22-28-14-10-8-11-15-28/h8-21,26,34H,22-24H2,1-7H3/b32-27+. The minimum Gasteiger partial charge on any atom is -0.356 e. The largest absolute Gasteiger partial charge is 0.356 e. The van der Waals surface area contributed by atoms with Crippen LogP contribution in [0, 0.1) is 6.92 Å². The Balaban J connectivity index is 1.98. The molecule has 1 atom stereocenters. The fourth-order valence-corrected chi connectivity index (χ4v) is 4.90. The zero-order valence-corrected chi connectivity index (χ0v) is 23.6. The highest BCUT2D eigenvalue weighted by atomic mass is 16.1. The van der Waals surface area contributed by atoms with Crippen molar-refractivity contribution in [2.45, 2.75) is 65.5 Å². The molecule has 0 saturated heterocycles. The number of hydrogen-bond acceptors (Lipinski definition) is 4. The van der Waals surface area contributed by atoms with Crippen LogP contribution in [0.1, 0.15) is 62.3 Å². The van der Waals surface area contributed by atoms with Gasteiger partial charge in [-0.3, -0.25) is 9.80 Å². The topological polar surface area (TPSA) is 35.6 Å². The highest BCUT2D eigenvalue weighted by molar-refractivity contribution is 6.00. The number of carbonyl (C=O) groups is 1. The van der Waals surface area contributed by atoms with E-state index in [0.717, 1.165) is 29.8 Å². The Bertz CT molecular complexity index is 1170. The van der Waals surface area contributed by atoms with Gasteiger partial charge in [-0.1, -0.05) is 97.4 Å². The lowest BCUT2D eigenvalue weighted by atomic mass is 9.90. The van der Waals surface area contributed by atoms with Gasteiger partial charge in [-0.2, -0.15) is 0 Å². The lowest BCUT2D eigenvalue weighted by molar-refractivity contribution is -0.117. The van der Waals surface area contributed by atoms with Crippen LogP contribution >= 0.6 is 0 Å². The van der Waals surface area contributed by atoms with Crippen molar-refractivity contribution in [2.24, 2.45) is 0 Å². The summed E-state index contributed by atoms with van der Waals surface area (Å²) in [6.07, 6.45) is 1.88. The van der Waals surface area contributed by atoms with Crippen molar-refractivity contribution in [1.82, 2.24) is 15.3 Å². The maximum Gasteiger partial charge on any atom is 0.169 e. The number of hydrazine groups is 1. The van der Waals surface area contributed by atoms with Crippen molar-refractivity contribution in [1.29, 1.82) is 0 Å². The number of Topliss-reactive ketones (excluding diaryl/α,β-unsaturated/α-hetero) is 1. The molecular formula is C33H43N3O. The summed E-state index contributed by atoms with van der Waals surface area (Å²) in [5, 5.41) is 2.19. The average molecular weight is 498 g/mol. The molecule has 1 unspecified atom stereocenters. The van der Waals surface area contributed by atoms with E-state index in [-0.39, 0.29) is 17.2 Å². The smallest absolute Gasteiger partial charge is 0.169 e. The number of aryl methyl sites for hydroxylation is 2. The molecule has 0 aliphatic heterocycles. The molecule has 0 spiro atoms. The summed E-state index contributed by atoms with van der Waals surface area (Å²) >= 11 is 0. The highest BCUT2D eigenvalue weighted by Gasteiger charge is 2.33. The highest BCUT2D eigenvalue weighted by Crippen LogP contribution is 2.30. The summed E-state index contributed by atoms with van der Waals surface area (Å²) in [5.41, 5.74) is 8.71. The number of benzene rings is 3. The molecule has 0 saturated carbocycles. The number of rotatable bonds is 12. The van der Waals surface area contributed by atoms with Crippen molar-refractivity contribution >= 4 is 5.78 Å². The average Bonchev–Trinajstić information content (AvgIpc) is 2.90. The number of allylic oxidation sites excluding steroid dienone is 1. The lowest BCUT2D eigenvalue weighted by Gasteiger charge is -2.45. The second-order valence-corrected chi connectivity index (χ2v) is 10.6.